The van der Waals surface area contributed by atoms with Crippen LogP contribution < -0.4 is 5.32 Å². The van der Waals surface area contributed by atoms with E-state index in [0.29, 0.717) is 24.9 Å². The lowest BCUT2D eigenvalue weighted by Gasteiger charge is -2.25. The molecular formula is C22H29N3O2. The first-order chi connectivity index (χ1) is 12.9. The number of likely N-dealkylation sites (N-methyl/N-ethyl adjacent to an activating group) is 1. The summed E-state index contributed by atoms with van der Waals surface area (Å²) in [6.45, 7) is 0.576. The molecule has 2 aromatic rings. The number of carbonyl (C=O) groups excluding carboxylic acids is 2. The summed E-state index contributed by atoms with van der Waals surface area (Å²) in [4.78, 5) is 27.8. The van der Waals surface area contributed by atoms with Crippen LogP contribution in [-0.2, 0) is 11.2 Å². The van der Waals surface area contributed by atoms with Crippen molar-refractivity contribution in [1.82, 2.24) is 15.1 Å². The molecule has 0 heterocycles. The van der Waals surface area contributed by atoms with Crippen molar-refractivity contribution in [2.75, 3.05) is 34.7 Å². The van der Waals surface area contributed by atoms with Gasteiger partial charge in [0.1, 0.15) is 0 Å². The highest BCUT2D eigenvalue weighted by Crippen LogP contribution is 2.16. The van der Waals surface area contributed by atoms with Crippen molar-refractivity contribution < 1.29 is 9.59 Å². The number of carbonyl (C=O) groups is 2. The number of amides is 2. The summed E-state index contributed by atoms with van der Waals surface area (Å²) in [7, 11) is 7.49. The van der Waals surface area contributed by atoms with Crippen LogP contribution in [0.2, 0.25) is 0 Å². The lowest BCUT2D eigenvalue weighted by Crippen LogP contribution is -2.34. The van der Waals surface area contributed by atoms with Gasteiger partial charge >= 0.3 is 0 Å². The van der Waals surface area contributed by atoms with Crippen molar-refractivity contribution in [3.63, 3.8) is 0 Å². The van der Waals surface area contributed by atoms with Gasteiger partial charge in [-0.1, -0.05) is 42.5 Å². The molecule has 0 bridgehead atoms. The standard InChI is InChI=1S/C22H29N3O2/c1-24(2)20(18-8-6-5-7-9-18)16-23-21(26)15-12-17-10-13-19(14-11-17)22(27)25(3)4/h5-11,13-14,20H,12,15-16H2,1-4H3,(H,23,26). The number of nitrogens with zero attached hydrogens (tertiary/aromatic N) is 2. The molecule has 0 fully saturated rings. The van der Waals surface area contributed by atoms with E-state index in [-0.39, 0.29) is 17.9 Å². The third kappa shape index (κ3) is 6.22. The zero-order valence-electron chi connectivity index (χ0n) is 16.6. The van der Waals surface area contributed by atoms with Gasteiger partial charge in [0.05, 0.1) is 6.04 Å². The summed E-state index contributed by atoms with van der Waals surface area (Å²) in [5, 5.41) is 3.04. The summed E-state index contributed by atoms with van der Waals surface area (Å²) in [5.41, 5.74) is 2.89. The van der Waals surface area contributed by atoms with E-state index < -0.39 is 0 Å². The van der Waals surface area contributed by atoms with Crippen molar-refractivity contribution in [3.8, 4) is 0 Å². The molecule has 2 amide bonds. The quantitative estimate of drug-likeness (QED) is 0.781. The Morgan fingerprint density at radius 3 is 2.11 bits per heavy atom. The molecule has 0 aliphatic heterocycles. The highest BCUT2D eigenvalue weighted by molar-refractivity contribution is 5.93. The Bertz CT molecular complexity index is 740. The van der Waals surface area contributed by atoms with E-state index in [1.165, 1.54) is 5.56 Å². The van der Waals surface area contributed by atoms with E-state index >= 15 is 0 Å². The van der Waals surface area contributed by atoms with Gasteiger partial charge in [-0.3, -0.25) is 9.59 Å². The predicted octanol–water partition coefficient (Wildman–Crippen LogP) is 2.74. The van der Waals surface area contributed by atoms with Gasteiger partial charge in [-0.2, -0.15) is 0 Å². The maximum Gasteiger partial charge on any atom is 0.253 e. The molecule has 1 atom stereocenters. The molecule has 1 N–H and O–H groups in total. The van der Waals surface area contributed by atoms with Crippen LogP contribution in [0.4, 0.5) is 0 Å². The van der Waals surface area contributed by atoms with Crippen LogP contribution >= 0.6 is 0 Å². The summed E-state index contributed by atoms with van der Waals surface area (Å²) in [6.07, 6.45) is 1.08. The number of hydrogen-bond donors (Lipinski definition) is 1. The van der Waals surface area contributed by atoms with E-state index in [9.17, 15) is 9.59 Å². The van der Waals surface area contributed by atoms with Crippen LogP contribution in [-0.4, -0.2) is 56.3 Å². The highest BCUT2D eigenvalue weighted by Gasteiger charge is 2.15. The molecule has 2 rings (SSSR count). The van der Waals surface area contributed by atoms with Gasteiger partial charge in [0, 0.05) is 32.6 Å². The lowest BCUT2D eigenvalue weighted by molar-refractivity contribution is -0.121. The number of nitrogens with one attached hydrogen (secondary N) is 1. The molecule has 5 heteroatoms. The van der Waals surface area contributed by atoms with E-state index in [4.69, 9.17) is 0 Å². The maximum absolute atomic E-state index is 12.2. The van der Waals surface area contributed by atoms with Gasteiger partial charge in [-0.05, 0) is 43.8 Å². The first kappa shape index (κ1) is 20.6. The molecule has 2 aromatic carbocycles. The maximum atomic E-state index is 12.2. The van der Waals surface area contributed by atoms with Gasteiger partial charge < -0.3 is 15.1 Å². The first-order valence-electron chi connectivity index (χ1n) is 9.17. The zero-order chi connectivity index (χ0) is 19.8. The average molecular weight is 367 g/mol. The SMILES string of the molecule is CN(C)C(=O)c1ccc(CCC(=O)NCC(c2ccccc2)N(C)C)cc1. The molecule has 0 saturated carbocycles. The van der Waals surface area contributed by atoms with Crippen LogP contribution in [0, 0.1) is 0 Å². The summed E-state index contributed by atoms with van der Waals surface area (Å²) in [5.74, 6) is 0.0150. The topological polar surface area (TPSA) is 52.7 Å². The normalized spacial score (nSPS) is 11.9. The fraction of sp³-hybridized carbons (Fsp3) is 0.364. The Balaban J connectivity index is 1.84. The van der Waals surface area contributed by atoms with Gasteiger partial charge in [-0.15, -0.1) is 0 Å². The third-order valence-corrected chi connectivity index (χ3v) is 4.55. The second-order valence-electron chi connectivity index (χ2n) is 7.09. The fourth-order valence-electron chi connectivity index (χ4n) is 2.90. The predicted molar refractivity (Wildman–Crippen MR) is 109 cm³/mol. The Morgan fingerprint density at radius 1 is 0.926 bits per heavy atom. The minimum atomic E-state index is -0.0186. The lowest BCUT2D eigenvalue weighted by atomic mass is 10.1. The summed E-state index contributed by atoms with van der Waals surface area (Å²) >= 11 is 0. The van der Waals surface area contributed by atoms with Crippen LogP contribution in [0.1, 0.15) is 33.9 Å². The Hall–Kier alpha value is -2.66. The summed E-state index contributed by atoms with van der Waals surface area (Å²) in [6, 6.07) is 17.8. The van der Waals surface area contributed by atoms with Gasteiger partial charge in [0.15, 0.2) is 0 Å². The molecule has 0 aliphatic carbocycles. The minimum absolute atomic E-state index is 0.0186. The zero-order valence-corrected chi connectivity index (χ0v) is 16.6. The fourth-order valence-corrected chi connectivity index (χ4v) is 2.90. The van der Waals surface area contributed by atoms with Crippen LogP contribution in [0.15, 0.2) is 54.6 Å². The Labute approximate surface area is 162 Å². The van der Waals surface area contributed by atoms with Crippen LogP contribution in [0.25, 0.3) is 0 Å². The molecular weight excluding hydrogens is 338 g/mol. The number of aryl methyl sites for hydroxylation is 1. The number of benzene rings is 2. The number of hydrogen-bond acceptors (Lipinski definition) is 3. The molecule has 0 aromatic heterocycles. The Morgan fingerprint density at radius 2 is 1.56 bits per heavy atom. The Kier molecular flexibility index (Phi) is 7.55. The molecule has 5 nitrogen and oxygen atoms in total. The van der Waals surface area contributed by atoms with Crippen molar-refractivity contribution in [2.45, 2.75) is 18.9 Å². The van der Waals surface area contributed by atoms with E-state index in [0.717, 1.165) is 5.56 Å². The van der Waals surface area contributed by atoms with Crippen LogP contribution in [0.5, 0.6) is 0 Å². The van der Waals surface area contributed by atoms with E-state index in [1.807, 2.05) is 56.6 Å². The first-order valence-corrected chi connectivity index (χ1v) is 9.17. The largest absolute Gasteiger partial charge is 0.354 e. The molecule has 144 valence electrons. The second-order valence-corrected chi connectivity index (χ2v) is 7.09. The monoisotopic (exact) mass is 367 g/mol. The minimum Gasteiger partial charge on any atom is -0.354 e. The molecule has 0 radical (unpaired) electrons. The van der Waals surface area contributed by atoms with Crippen molar-refractivity contribution in [3.05, 3.63) is 71.3 Å². The highest BCUT2D eigenvalue weighted by atomic mass is 16.2. The third-order valence-electron chi connectivity index (χ3n) is 4.55. The van der Waals surface area contributed by atoms with Gasteiger partial charge in [-0.25, -0.2) is 0 Å². The van der Waals surface area contributed by atoms with Gasteiger partial charge in [0.25, 0.3) is 5.91 Å². The molecule has 0 spiro atoms. The van der Waals surface area contributed by atoms with Crippen molar-refractivity contribution >= 4 is 11.8 Å². The second kappa shape index (κ2) is 9.88. The average Bonchev–Trinajstić information content (AvgIpc) is 2.67. The smallest absolute Gasteiger partial charge is 0.253 e. The van der Waals surface area contributed by atoms with Crippen LogP contribution in [0.3, 0.4) is 0 Å². The molecule has 1 unspecified atom stereocenters. The van der Waals surface area contributed by atoms with E-state index in [2.05, 4.69) is 22.3 Å². The molecule has 0 saturated heterocycles. The van der Waals surface area contributed by atoms with Crippen molar-refractivity contribution in [1.29, 1.82) is 0 Å². The number of rotatable bonds is 8. The molecule has 27 heavy (non-hydrogen) atoms. The van der Waals surface area contributed by atoms with Gasteiger partial charge in [0.2, 0.25) is 5.91 Å². The van der Waals surface area contributed by atoms with Crippen molar-refractivity contribution in [2.24, 2.45) is 0 Å². The molecule has 0 aliphatic rings. The summed E-state index contributed by atoms with van der Waals surface area (Å²) < 4.78 is 0. The van der Waals surface area contributed by atoms with E-state index in [1.54, 1.807) is 19.0 Å².